The van der Waals surface area contributed by atoms with Crippen LogP contribution in [0.5, 0.6) is 11.5 Å². The first-order chi connectivity index (χ1) is 8.72. The quantitative estimate of drug-likeness (QED) is 0.783. The smallest absolute Gasteiger partial charge is 0.119 e. The lowest BCUT2D eigenvalue weighted by Gasteiger charge is -2.23. The van der Waals surface area contributed by atoms with Crippen molar-refractivity contribution < 1.29 is 14.2 Å². The fraction of sp³-hybridized carbons (Fsp3) is 0.571. The van der Waals surface area contributed by atoms with Gasteiger partial charge in [0.15, 0.2) is 0 Å². The highest BCUT2D eigenvalue weighted by atomic mass is 16.5. The molecule has 0 saturated carbocycles. The van der Waals surface area contributed by atoms with E-state index in [1.165, 1.54) is 0 Å². The summed E-state index contributed by atoms with van der Waals surface area (Å²) in [5, 5.41) is 3.48. The van der Waals surface area contributed by atoms with Crippen LogP contribution in [0.1, 0.15) is 13.3 Å². The maximum absolute atomic E-state index is 5.65. The number of ether oxygens (including phenoxy) is 3. The van der Waals surface area contributed by atoms with Gasteiger partial charge in [0.2, 0.25) is 0 Å². The summed E-state index contributed by atoms with van der Waals surface area (Å²) in [6.07, 6.45) is 1.07. The van der Waals surface area contributed by atoms with Gasteiger partial charge in [-0.25, -0.2) is 0 Å². The summed E-state index contributed by atoms with van der Waals surface area (Å²) in [6.45, 7) is 5.31. The van der Waals surface area contributed by atoms with E-state index in [1.807, 2.05) is 24.3 Å². The molecule has 100 valence electrons. The van der Waals surface area contributed by atoms with Gasteiger partial charge in [-0.1, -0.05) is 0 Å². The second-order valence-corrected chi connectivity index (χ2v) is 4.81. The number of rotatable bonds is 6. The highest BCUT2D eigenvalue weighted by molar-refractivity contribution is 5.31. The van der Waals surface area contributed by atoms with E-state index in [9.17, 15) is 0 Å². The average molecular weight is 251 g/mol. The Kier molecular flexibility index (Phi) is 4.44. The third-order valence-corrected chi connectivity index (χ3v) is 3.20. The Morgan fingerprint density at radius 3 is 2.61 bits per heavy atom. The minimum Gasteiger partial charge on any atom is -0.497 e. The van der Waals surface area contributed by atoms with Gasteiger partial charge >= 0.3 is 0 Å². The molecule has 1 aromatic carbocycles. The van der Waals surface area contributed by atoms with Crippen LogP contribution in [0.15, 0.2) is 24.3 Å². The van der Waals surface area contributed by atoms with Gasteiger partial charge in [0.05, 0.1) is 13.7 Å². The molecule has 0 radical (unpaired) electrons. The summed E-state index contributed by atoms with van der Waals surface area (Å²) in [4.78, 5) is 0. The molecule has 4 heteroatoms. The molecule has 1 atom stereocenters. The Balaban J connectivity index is 1.68. The second kappa shape index (κ2) is 6.07. The predicted octanol–water partition coefficient (Wildman–Crippen LogP) is 1.84. The first kappa shape index (κ1) is 13.2. The van der Waals surface area contributed by atoms with Crippen LogP contribution in [-0.4, -0.2) is 39.0 Å². The number of benzene rings is 1. The summed E-state index contributed by atoms with van der Waals surface area (Å²) in [5.74, 6) is 1.71. The third kappa shape index (κ3) is 3.62. The molecule has 0 spiro atoms. The van der Waals surface area contributed by atoms with Gasteiger partial charge in [0.25, 0.3) is 0 Å². The van der Waals surface area contributed by atoms with E-state index in [0.717, 1.165) is 37.7 Å². The Labute approximate surface area is 108 Å². The van der Waals surface area contributed by atoms with Crippen LogP contribution in [0.2, 0.25) is 0 Å². The number of methoxy groups -OCH3 is 1. The third-order valence-electron chi connectivity index (χ3n) is 3.20. The van der Waals surface area contributed by atoms with Crippen molar-refractivity contribution in [2.24, 2.45) is 0 Å². The van der Waals surface area contributed by atoms with E-state index in [2.05, 4.69) is 12.2 Å². The van der Waals surface area contributed by atoms with Gasteiger partial charge in [-0.2, -0.15) is 0 Å². The van der Waals surface area contributed by atoms with Crippen LogP contribution in [0.4, 0.5) is 0 Å². The molecule has 0 aromatic heterocycles. The van der Waals surface area contributed by atoms with Crippen molar-refractivity contribution in [2.75, 3.05) is 33.5 Å². The fourth-order valence-corrected chi connectivity index (χ4v) is 2.00. The standard InChI is InChI=1S/C14H21NO3/c1-14(7-9-17-11-14)15-8-10-18-13-5-3-12(16-2)4-6-13/h3-6,15H,7-11H2,1-2H3. The molecular formula is C14H21NO3. The number of hydrogen-bond acceptors (Lipinski definition) is 4. The minimum absolute atomic E-state index is 0.114. The molecule has 4 nitrogen and oxygen atoms in total. The van der Waals surface area contributed by atoms with E-state index in [4.69, 9.17) is 14.2 Å². The number of nitrogens with one attached hydrogen (secondary N) is 1. The van der Waals surface area contributed by atoms with E-state index in [0.29, 0.717) is 6.61 Å². The molecule has 1 aliphatic heterocycles. The monoisotopic (exact) mass is 251 g/mol. The molecular weight excluding hydrogens is 230 g/mol. The Morgan fingerprint density at radius 2 is 2.00 bits per heavy atom. The SMILES string of the molecule is COc1ccc(OCCNC2(C)CCOC2)cc1. The normalized spacial score (nSPS) is 23.0. The summed E-state index contributed by atoms with van der Waals surface area (Å²) in [6, 6.07) is 7.63. The van der Waals surface area contributed by atoms with E-state index < -0.39 is 0 Å². The van der Waals surface area contributed by atoms with Crippen molar-refractivity contribution in [3.8, 4) is 11.5 Å². The zero-order valence-corrected chi connectivity index (χ0v) is 11.1. The number of hydrogen-bond donors (Lipinski definition) is 1. The van der Waals surface area contributed by atoms with Crippen LogP contribution < -0.4 is 14.8 Å². The van der Waals surface area contributed by atoms with Gasteiger partial charge in [0.1, 0.15) is 18.1 Å². The molecule has 0 bridgehead atoms. The van der Waals surface area contributed by atoms with Gasteiger partial charge in [-0.3, -0.25) is 0 Å². The van der Waals surface area contributed by atoms with Crippen molar-refractivity contribution in [2.45, 2.75) is 18.9 Å². The molecule has 0 amide bonds. The summed E-state index contributed by atoms with van der Waals surface area (Å²) < 4.78 is 16.1. The predicted molar refractivity (Wildman–Crippen MR) is 70.3 cm³/mol. The fourth-order valence-electron chi connectivity index (χ4n) is 2.00. The first-order valence-electron chi connectivity index (χ1n) is 6.31. The zero-order chi connectivity index (χ0) is 12.8. The molecule has 1 aliphatic rings. The Hall–Kier alpha value is -1.26. The molecule has 1 fully saturated rings. The lowest BCUT2D eigenvalue weighted by Crippen LogP contribution is -2.44. The molecule has 1 heterocycles. The average Bonchev–Trinajstić information content (AvgIpc) is 2.83. The Morgan fingerprint density at radius 1 is 1.28 bits per heavy atom. The summed E-state index contributed by atoms with van der Waals surface area (Å²) in [5.41, 5.74) is 0.114. The highest BCUT2D eigenvalue weighted by Crippen LogP contribution is 2.18. The molecule has 1 unspecified atom stereocenters. The first-order valence-corrected chi connectivity index (χ1v) is 6.31. The van der Waals surface area contributed by atoms with E-state index >= 15 is 0 Å². The van der Waals surface area contributed by atoms with E-state index in [-0.39, 0.29) is 5.54 Å². The second-order valence-electron chi connectivity index (χ2n) is 4.81. The van der Waals surface area contributed by atoms with Crippen molar-refractivity contribution in [3.63, 3.8) is 0 Å². The maximum atomic E-state index is 5.65. The van der Waals surface area contributed by atoms with Crippen molar-refractivity contribution in [3.05, 3.63) is 24.3 Å². The van der Waals surface area contributed by atoms with Gasteiger partial charge in [0, 0.05) is 18.7 Å². The van der Waals surface area contributed by atoms with Crippen LogP contribution in [0.25, 0.3) is 0 Å². The molecule has 18 heavy (non-hydrogen) atoms. The zero-order valence-electron chi connectivity index (χ0n) is 11.1. The van der Waals surface area contributed by atoms with Crippen molar-refractivity contribution in [1.82, 2.24) is 5.32 Å². The summed E-state index contributed by atoms with van der Waals surface area (Å²) >= 11 is 0. The largest absolute Gasteiger partial charge is 0.497 e. The van der Waals surface area contributed by atoms with Crippen LogP contribution >= 0.6 is 0 Å². The molecule has 2 rings (SSSR count). The Bertz CT molecular complexity index is 358. The molecule has 1 saturated heterocycles. The lowest BCUT2D eigenvalue weighted by atomic mass is 10.0. The molecule has 0 aliphatic carbocycles. The van der Waals surface area contributed by atoms with Crippen molar-refractivity contribution >= 4 is 0 Å². The van der Waals surface area contributed by atoms with Gasteiger partial charge in [-0.05, 0) is 37.6 Å². The molecule has 1 aromatic rings. The minimum atomic E-state index is 0.114. The van der Waals surface area contributed by atoms with Crippen LogP contribution in [0, 0.1) is 0 Å². The van der Waals surface area contributed by atoms with E-state index in [1.54, 1.807) is 7.11 Å². The van der Waals surface area contributed by atoms with Crippen LogP contribution in [-0.2, 0) is 4.74 Å². The topological polar surface area (TPSA) is 39.7 Å². The highest BCUT2D eigenvalue weighted by Gasteiger charge is 2.28. The van der Waals surface area contributed by atoms with Crippen LogP contribution in [0.3, 0.4) is 0 Å². The van der Waals surface area contributed by atoms with Gasteiger partial charge < -0.3 is 19.5 Å². The lowest BCUT2D eigenvalue weighted by molar-refractivity contribution is 0.169. The van der Waals surface area contributed by atoms with Crippen molar-refractivity contribution in [1.29, 1.82) is 0 Å². The maximum Gasteiger partial charge on any atom is 0.119 e. The van der Waals surface area contributed by atoms with Gasteiger partial charge in [-0.15, -0.1) is 0 Å². The summed E-state index contributed by atoms with van der Waals surface area (Å²) in [7, 11) is 1.66. The molecule has 1 N–H and O–H groups in total.